The Bertz CT molecular complexity index is 1320. The fraction of sp³-hybridized carbons (Fsp3) is 0.115. The molecular weight excluding hydrogens is 455 g/mol. The number of aryl methyl sites for hydroxylation is 1. The minimum atomic E-state index is -0.842. The van der Waals surface area contributed by atoms with Crippen LogP contribution in [0, 0.1) is 5.82 Å². The summed E-state index contributed by atoms with van der Waals surface area (Å²) in [5.41, 5.74) is 2.48. The summed E-state index contributed by atoms with van der Waals surface area (Å²) in [6, 6.07) is 17.9. The number of rotatable bonds is 6. The predicted octanol–water partition coefficient (Wildman–Crippen LogP) is 4.88. The van der Waals surface area contributed by atoms with Crippen LogP contribution >= 0.6 is 12.2 Å². The van der Waals surface area contributed by atoms with E-state index in [1.165, 1.54) is 36.3 Å². The van der Waals surface area contributed by atoms with E-state index >= 15 is 0 Å². The van der Waals surface area contributed by atoms with E-state index in [4.69, 9.17) is 21.7 Å². The number of para-hydroxylation sites is 1. The van der Waals surface area contributed by atoms with Gasteiger partial charge >= 0.3 is 5.97 Å². The summed E-state index contributed by atoms with van der Waals surface area (Å²) in [6.45, 7) is 2.01. The van der Waals surface area contributed by atoms with Gasteiger partial charge in [0.2, 0.25) is 0 Å². The van der Waals surface area contributed by atoms with Crippen LogP contribution < -0.4 is 19.7 Å². The number of nitrogens with zero attached hydrogens (tertiary/aromatic N) is 1. The van der Waals surface area contributed by atoms with Gasteiger partial charge in [0.25, 0.3) is 5.91 Å². The number of carbonyl (C=O) groups excluding carboxylic acids is 2. The van der Waals surface area contributed by atoms with Crippen LogP contribution in [0.4, 0.5) is 10.1 Å². The molecule has 1 aliphatic heterocycles. The van der Waals surface area contributed by atoms with Crippen molar-refractivity contribution in [1.82, 2.24) is 5.32 Å². The Morgan fingerprint density at radius 3 is 2.56 bits per heavy atom. The maximum Gasteiger partial charge on any atom is 0.346 e. The van der Waals surface area contributed by atoms with Crippen molar-refractivity contribution in [2.75, 3.05) is 12.0 Å². The number of halogens is 1. The molecule has 1 heterocycles. The molecule has 0 aromatic heterocycles. The van der Waals surface area contributed by atoms with Gasteiger partial charge in [-0.3, -0.25) is 9.69 Å². The Balaban J connectivity index is 1.59. The molecule has 8 heteroatoms. The van der Waals surface area contributed by atoms with E-state index in [1.54, 1.807) is 24.3 Å². The highest BCUT2D eigenvalue weighted by atomic mass is 32.1. The number of hydrogen-bond donors (Lipinski definition) is 1. The maximum absolute atomic E-state index is 13.9. The zero-order chi connectivity index (χ0) is 24.2. The van der Waals surface area contributed by atoms with Gasteiger partial charge in [0, 0.05) is 0 Å². The number of carbonyl (C=O) groups is 2. The van der Waals surface area contributed by atoms with Crippen LogP contribution in [0.3, 0.4) is 0 Å². The zero-order valence-electron chi connectivity index (χ0n) is 18.5. The van der Waals surface area contributed by atoms with Gasteiger partial charge in [0.05, 0.1) is 18.4 Å². The lowest BCUT2D eigenvalue weighted by atomic mass is 10.1. The first-order chi connectivity index (χ1) is 16.4. The molecule has 1 saturated heterocycles. The summed E-state index contributed by atoms with van der Waals surface area (Å²) in [7, 11) is 1.42. The predicted molar refractivity (Wildman–Crippen MR) is 131 cm³/mol. The van der Waals surface area contributed by atoms with Crippen LogP contribution in [0.5, 0.6) is 11.5 Å². The number of hydrogen-bond acceptors (Lipinski definition) is 5. The van der Waals surface area contributed by atoms with Crippen LogP contribution in [0.15, 0.2) is 72.4 Å². The lowest BCUT2D eigenvalue weighted by Gasteiger charge is -2.17. The molecule has 1 fully saturated rings. The summed E-state index contributed by atoms with van der Waals surface area (Å²) in [4.78, 5) is 27.0. The van der Waals surface area contributed by atoms with Crippen molar-refractivity contribution < 1.29 is 23.5 Å². The van der Waals surface area contributed by atoms with Gasteiger partial charge in [-0.05, 0) is 66.2 Å². The number of methoxy groups -OCH3 is 1. The number of ether oxygens (including phenoxy) is 2. The largest absolute Gasteiger partial charge is 0.493 e. The number of benzene rings is 3. The van der Waals surface area contributed by atoms with E-state index in [0.717, 1.165) is 17.7 Å². The van der Waals surface area contributed by atoms with Crippen LogP contribution in [-0.2, 0) is 11.2 Å². The molecule has 0 radical (unpaired) electrons. The number of anilines is 1. The molecular formula is C26H21FN2O4S. The molecule has 1 N–H and O–H groups in total. The van der Waals surface area contributed by atoms with Crippen LogP contribution in [0.2, 0.25) is 0 Å². The molecule has 3 aromatic rings. The number of thiocarbonyl (C=S) groups is 1. The molecule has 0 aliphatic carbocycles. The standard InChI is InChI=1S/C26H21FN2O4S/c1-3-17-8-4-7-11-21(17)29-24(30)20(28-26(29)34)14-16-12-13-22(23(15-16)32-2)33-25(31)18-9-5-6-10-19(18)27/h4-15H,3H2,1-2H3,(H,28,34)/b20-14+. The molecule has 1 aliphatic rings. The summed E-state index contributed by atoms with van der Waals surface area (Å²) in [5, 5.41) is 3.26. The average molecular weight is 477 g/mol. The van der Waals surface area contributed by atoms with Crippen molar-refractivity contribution in [3.8, 4) is 11.5 Å². The smallest absolute Gasteiger partial charge is 0.346 e. The molecule has 172 valence electrons. The molecule has 4 rings (SSSR count). The van der Waals surface area contributed by atoms with Gasteiger partial charge in [-0.25, -0.2) is 9.18 Å². The first kappa shape index (κ1) is 23.1. The SMILES string of the molecule is CCc1ccccc1N1C(=O)/C(=C\c2ccc(OC(=O)c3ccccc3F)c(OC)c2)NC1=S. The van der Waals surface area contributed by atoms with Crippen LogP contribution in [0.1, 0.15) is 28.4 Å². The summed E-state index contributed by atoms with van der Waals surface area (Å²) < 4.78 is 24.6. The molecule has 0 atom stereocenters. The molecule has 0 unspecified atom stereocenters. The Hall–Kier alpha value is -4.04. The van der Waals surface area contributed by atoms with Crippen molar-refractivity contribution in [2.45, 2.75) is 13.3 Å². The lowest BCUT2D eigenvalue weighted by molar-refractivity contribution is -0.113. The first-order valence-corrected chi connectivity index (χ1v) is 10.9. The van der Waals surface area contributed by atoms with Gasteiger partial charge < -0.3 is 14.8 Å². The van der Waals surface area contributed by atoms with Crippen LogP contribution in [-0.4, -0.2) is 24.1 Å². The van der Waals surface area contributed by atoms with Crippen molar-refractivity contribution in [1.29, 1.82) is 0 Å². The van der Waals surface area contributed by atoms with E-state index in [0.29, 0.717) is 16.4 Å². The third-order valence-corrected chi connectivity index (χ3v) is 5.57. The van der Waals surface area contributed by atoms with Crippen molar-refractivity contribution in [3.63, 3.8) is 0 Å². The highest BCUT2D eigenvalue weighted by molar-refractivity contribution is 7.80. The summed E-state index contributed by atoms with van der Waals surface area (Å²) in [6.07, 6.45) is 2.39. The van der Waals surface area contributed by atoms with Crippen molar-refractivity contribution >= 4 is 41.0 Å². The van der Waals surface area contributed by atoms with E-state index in [2.05, 4.69) is 5.32 Å². The van der Waals surface area contributed by atoms with Crippen molar-refractivity contribution in [2.24, 2.45) is 0 Å². The third-order valence-electron chi connectivity index (χ3n) is 5.29. The molecule has 3 aromatic carbocycles. The minimum Gasteiger partial charge on any atom is -0.493 e. The minimum absolute atomic E-state index is 0.123. The van der Waals surface area contributed by atoms with E-state index in [1.807, 2.05) is 31.2 Å². The van der Waals surface area contributed by atoms with Gasteiger partial charge in [-0.1, -0.05) is 43.3 Å². The Morgan fingerprint density at radius 2 is 1.82 bits per heavy atom. The highest BCUT2D eigenvalue weighted by Crippen LogP contribution is 2.31. The molecule has 0 spiro atoms. The third kappa shape index (κ3) is 4.53. The maximum atomic E-state index is 13.9. The molecule has 6 nitrogen and oxygen atoms in total. The second-order valence-corrected chi connectivity index (χ2v) is 7.78. The van der Waals surface area contributed by atoms with E-state index < -0.39 is 11.8 Å². The van der Waals surface area contributed by atoms with Gasteiger partial charge in [-0.15, -0.1) is 0 Å². The normalized spacial score (nSPS) is 14.3. The van der Waals surface area contributed by atoms with Crippen LogP contribution in [0.25, 0.3) is 6.08 Å². The molecule has 1 amide bonds. The Morgan fingerprint density at radius 1 is 1.09 bits per heavy atom. The molecule has 0 saturated carbocycles. The van der Waals surface area contributed by atoms with Gasteiger partial charge in [0.15, 0.2) is 16.6 Å². The van der Waals surface area contributed by atoms with Gasteiger partial charge in [0.1, 0.15) is 11.5 Å². The summed E-state index contributed by atoms with van der Waals surface area (Å²) >= 11 is 5.41. The number of esters is 1. The molecule has 0 bridgehead atoms. The Labute approximate surface area is 201 Å². The van der Waals surface area contributed by atoms with E-state index in [9.17, 15) is 14.0 Å². The highest BCUT2D eigenvalue weighted by Gasteiger charge is 2.33. The van der Waals surface area contributed by atoms with Gasteiger partial charge in [-0.2, -0.15) is 0 Å². The molecule has 34 heavy (non-hydrogen) atoms. The second kappa shape index (κ2) is 9.84. The quantitative estimate of drug-likeness (QED) is 0.237. The first-order valence-electron chi connectivity index (χ1n) is 10.5. The fourth-order valence-corrected chi connectivity index (χ4v) is 3.88. The number of amides is 1. The average Bonchev–Trinajstić information content (AvgIpc) is 3.12. The number of nitrogens with one attached hydrogen (secondary N) is 1. The second-order valence-electron chi connectivity index (χ2n) is 7.39. The topological polar surface area (TPSA) is 67.9 Å². The monoisotopic (exact) mass is 476 g/mol. The fourth-order valence-electron chi connectivity index (χ4n) is 3.59. The zero-order valence-corrected chi connectivity index (χ0v) is 19.3. The Kier molecular flexibility index (Phi) is 6.70. The lowest BCUT2D eigenvalue weighted by Crippen LogP contribution is -2.31. The summed E-state index contributed by atoms with van der Waals surface area (Å²) in [5.74, 6) is -1.42. The van der Waals surface area contributed by atoms with E-state index in [-0.39, 0.29) is 23.0 Å². The van der Waals surface area contributed by atoms with Crippen molar-refractivity contribution in [3.05, 3.63) is 94.9 Å².